The van der Waals surface area contributed by atoms with E-state index in [1.807, 2.05) is 6.07 Å². The summed E-state index contributed by atoms with van der Waals surface area (Å²) in [7, 11) is 2.40. The molecule has 7 heteroatoms. The highest BCUT2D eigenvalue weighted by molar-refractivity contribution is 5.50. The van der Waals surface area contributed by atoms with Crippen molar-refractivity contribution in [2.24, 2.45) is 0 Å². The monoisotopic (exact) mass is 355 g/mol. The second kappa shape index (κ2) is 8.11. The fraction of sp³-hybridized carbons (Fsp3) is 0.333. The number of rotatable bonds is 7. The highest BCUT2D eigenvalue weighted by Crippen LogP contribution is 2.43. The number of phenolic OH excluding ortho intramolecular Hbond substituents is 1. The van der Waals surface area contributed by atoms with E-state index in [9.17, 15) is 18.3 Å². The number of ether oxygens (including phenoxy) is 2. The first-order valence-electron chi connectivity index (χ1n) is 7.66. The van der Waals surface area contributed by atoms with E-state index in [0.29, 0.717) is 25.1 Å². The van der Waals surface area contributed by atoms with Crippen LogP contribution in [0, 0.1) is 0 Å². The lowest BCUT2D eigenvalue weighted by Crippen LogP contribution is -2.17. The van der Waals surface area contributed by atoms with Gasteiger partial charge in [-0.3, -0.25) is 0 Å². The lowest BCUT2D eigenvalue weighted by atomic mass is 10.1. The number of halogens is 3. The zero-order valence-electron chi connectivity index (χ0n) is 14.0. The Kier molecular flexibility index (Phi) is 6.14. The molecule has 2 aromatic rings. The third-order valence-electron chi connectivity index (χ3n) is 3.75. The third-order valence-corrected chi connectivity index (χ3v) is 3.75. The Morgan fingerprint density at radius 1 is 1.04 bits per heavy atom. The van der Waals surface area contributed by atoms with Crippen molar-refractivity contribution in [2.75, 3.05) is 20.8 Å². The zero-order chi connectivity index (χ0) is 18.4. The predicted octanol–water partition coefficient (Wildman–Crippen LogP) is 3.76. The van der Waals surface area contributed by atoms with Crippen molar-refractivity contribution < 1.29 is 27.8 Å². The van der Waals surface area contributed by atoms with E-state index in [1.165, 1.54) is 26.4 Å². The summed E-state index contributed by atoms with van der Waals surface area (Å²) in [6.45, 7) is 0.980. The largest absolute Gasteiger partial charge is 0.508 e. The second-order valence-corrected chi connectivity index (χ2v) is 5.43. The molecule has 136 valence electrons. The molecule has 4 nitrogen and oxygen atoms in total. The first-order valence-corrected chi connectivity index (χ1v) is 7.66. The van der Waals surface area contributed by atoms with Gasteiger partial charge in [-0.15, -0.1) is 0 Å². The highest BCUT2D eigenvalue weighted by atomic mass is 19.4. The van der Waals surface area contributed by atoms with Gasteiger partial charge in [0.2, 0.25) is 0 Å². The molecule has 25 heavy (non-hydrogen) atoms. The fourth-order valence-electron chi connectivity index (χ4n) is 2.51. The van der Waals surface area contributed by atoms with Crippen LogP contribution in [0.25, 0.3) is 0 Å². The normalized spacial score (nSPS) is 11.4. The van der Waals surface area contributed by atoms with Gasteiger partial charge in [0.15, 0.2) is 0 Å². The summed E-state index contributed by atoms with van der Waals surface area (Å²) in [6, 6.07) is 9.69. The van der Waals surface area contributed by atoms with Crippen molar-refractivity contribution in [1.29, 1.82) is 0 Å². The molecule has 2 aromatic carbocycles. The highest BCUT2D eigenvalue weighted by Gasteiger charge is 2.38. The topological polar surface area (TPSA) is 50.7 Å². The van der Waals surface area contributed by atoms with Crippen LogP contribution in [0.1, 0.15) is 16.7 Å². The van der Waals surface area contributed by atoms with Gasteiger partial charge in [-0.05, 0) is 36.7 Å². The maximum Gasteiger partial charge on any atom is 0.423 e. The SMILES string of the molecule is COc1cc(CCNCc2ccccc2O)cc(OC)c1C(F)(F)F. The Bertz CT molecular complexity index is 692. The van der Waals surface area contributed by atoms with Crippen LogP contribution < -0.4 is 14.8 Å². The number of alkyl halides is 3. The minimum Gasteiger partial charge on any atom is -0.508 e. The summed E-state index contributed by atoms with van der Waals surface area (Å²) in [5.74, 6) is -0.321. The number of phenols is 1. The molecule has 0 aliphatic rings. The molecule has 2 rings (SSSR count). The molecule has 0 aliphatic heterocycles. The van der Waals surface area contributed by atoms with E-state index in [2.05, 4.69) is 5.32 Å². The van der Waals surface area contributed by atoms with Gasteiger partial charge in [-0.2, -0.15) is 13.2 Å². The smallest absolute Gasteiger partial charge is 0.423 e. The molecular weight excluding hydrogens is 335 g/mol. The second-order valence-electron chi connectivity index (χ2n) is 5.43. The number of nitrogens with one attached hydrogen (secondary N) is 1. The Morgan fingerprint density at radius 2 is 1.64 bits per heavy atom. The molecule has 0 spiro atoms. The van der Waals surface area contributed by atoms with Crippen molar-refractivity contribution in [1.82, 2.24) is 5.32 Å². The van der Waals surface area contributed by atoms with Gasteiger partial charge < -0.3 is 19.9 Å². The Hall–Kier alpha value is -2.41. The fourth-order valence-corrected chi connectivity index (χ4v) is 2.51. The number of aromatic hydroxyl groups is 1. The summed E-state index contributed by atoms with van der Waals surface area (Å²) in [4.78, 5) is 0. The zero-order valence-corrected chi connectivity index (χ0v) is 14.0. The van der Waals surface area contributed by atoms with E-state index < -0.39 is 11.7 Å². The van der Waals surface area contributed by atoms with Crippen LogP contribution in [-0.2, 0) is 19.1 Å². The van der Waals surface area contributed by atoms with E-state index >= 15 is 0 Å². The maximum atomic E-state index is 13.2. The van der Waals surface area contributed by atoms with Gasteiger partial charge in [-0.25, -0.2) is 0 Å². The number of methoxy groups -OCH3 is 2. The van der Waals surface area contributed by atoms with Crippen molar-refractivity contribution in [3.8, 4) is 17.2 Å². The molecule has 0 radical (unpaired) electrons. The minimum absolute atomic E-state index is 0.202. The molecule has 0 fully saturated rings. The third kappa shape index (κ3) is 4.79. The van der Waals surface area contributed by atoms with Crippen LogP contribution in [0.15, 0.2) is 36.4 Å². The molecule has 0 aromatic heterocycles. The first kappa shape index (κ1) is 18.9. The van der Waals surface area contributed by atoms with Crippen LogP contribution in [0.4, 0.5) is 13.2 Å². The molecule has 0 amide bonds. The van der Waals surface area contributed by atoms with E-state index in [-0.39, 0.29) is 17.2 Å². The molecule has 0 heterocycles. The molecule has 0 aliphatic carbocycles. The summed E-state index contributed by atoms with van der Waals surface area (Å²) < 4.78 is 49.2. The van der Waals surface area contributed by atoms with Gasteiger partial charge in [0.25, 0.3) is 0 Å². The van der Waals surface area contributed by atoms with E-state index in [1.54, 1.807) is 18.2 Å². The van der Waals surface area contributed by atoms with Gasteiger partial charge in [0, 0.05) is 12.1 Å². The van der Waals surface area contributed by atoms with Crippen LogP contribution in [0.2, 0.25) is 0 Å². The average molecular weight is 355 g/mol. The van der Waals surface area contributed by atoms with Gasteiger partial charge in [0.1, 0.15) is 22.8 Å². The Balaban J connectivity index is 2.06. The van der Waals surface area contributed by atoms with Crippen LogP contribution in [-0.4, -0.2) is 25.9 Å². The van der Waals surface area contributed by atoms with Crippen molar-refractivity contribution in [2.45, 2.75) is 19.1 Å². The summed E-state index contributed by atoms with van der Waals surface area (Å²) in [5, 5.41) is 12.8. The molecule has 0 bridgehead atoms. The molecular formula is C18H20F3NO3. The average Bonchev–Trinajstić information content (AvgIpc) is 2.58. The van der Waals surface area contributed by atoms with E-state index in [0.717, 1.165) is 5.56 Å². The van der Waals surface area contributed by atoms with Crippen molar-refractivity contribution >= 4 is 0 Å². The van der Waals surface area contributed by atoms with Gasteiger partial charge in [-0.1, -0.05) is 18.2 Å². The molecule has 2 N–H and O–H groups in total. The summed E-state index contributed by atoms with van der Waals surface area (Å²) >= 11 is 0. The Morgan fingerprint density at radius 3 is 2.16 bits per heavy atom. The number of hydrogen-bond donors (Lipinski definition) is 2. The van der Waals surface area contributed by atoms with Crippen LogP contribution in [0.3, 0.4) is 0 Å². The number of hydrogen-bond acceptors (Lipinski definition) is 4. The van der Waals surface area contributed by atoms with E-state index in [4.69, 9.17) is 9.47 Å². The molecule has 0 saturated heterocycles. The molecule has 0 saturated carbocycles. The van der Waals surface area contributed by atoms with Gasteiger partial charge >= 0.3 is 6.18 Å². The first-order chi connectivity index (χ1) is 11.9. The quantitative estimate of drug-likeness (QED) is 0.743. The predicted molar refractivity (Wildman–Crippen MR) is 88.1 cm³/mol. The number of benzene rings is 2. The van der Waals surface area contributed by atoms with Crippen molar-refractivity contribution in [3.63, 3.8) is 0 Å². The summed E-state index contributed by atoms with van der Waals surface area (Å²) in [6.07, 6.45) is -4.07. The number of para-hydroxylation sites is 1. The van der Waals surface area contributed by atoms with Crippen LogP contribution in [0.5, 0.6) is 17.2 Å². The minimum atomic E-state index is -4.56. The lowest BCUT2D eigenvalue weighted by Gasteiger charge is -2.17. The Labute approximate surface area is 144 Å². The maximum absolute atomic E-state index is 13.2. The molecule has 0 unspecified atom stereocenters. The molecule has 0 atom stereocenters. The van der Waals surface area contributed by atoms with Crippen LogP contribution >= 0.6 is 0 Å². The summed E-state index contributed by atoms with van der Waals surface area (Å²) in [5.41, 5.74) is 0.500. The van der Waals surface area contributed by atoms with Gasteiger partial charge in [0.05, 0.1) is 14.2 Å². The lowest BCUT2D eigenvalue weighted by molar-refractivity contribution is -0.139. The standard InChI is InChI=1S/C18H20F3NO3/c1-24-15-9-12(10-16(25-2)17(15)18(19,20)21)7-8-22-11-13-5-3-4-6-14(13)23/h3-6,9-10,22-23H,7-8,11H2,1-2H3. The van der Waals surface area contributed by atoms with Crippen molar-refractivity contribution in [3.05, 3.63) is 53.1 Å².